The van der Waals surface area contributed by atoms with Crippen LogP contribution in [0.3, 0.4) is 0 Å². The zero-order chi connectivity index (χ0) is 14.8. The Hall–Kier alpha value is -2.01. The molecule has 1 atom stereocenters. The molecule has 0 aromatic carbocycles. The Balaban J connectivity index is 1.63. The highest BCUT2D eigenvalue weighted by Gasteiger charge is 2.29. The van der Waals surface area contributed by atoms with Crippen LogP contribution < -0.4 is 5.32 Å². The van der Waals surface area contributed by atoms with Gasteiger partial charge in [-0.25, -0.2) is 4.98 Å². The Labute approximate surface area is 124 Å². The minimum absolute atomic E-state index is 0.121. The number of nitrogens with one attached hydrogen (secondary N) is 1. The molecule has 3 rings (SSSR count). The Morgan fingerprint density at radius 2 is 2.24 bits per heavy atom. The second-order valence-electron chi connectivity index (χ2n) is 5.72. The van der Waals surface area contributed by atoms with Crippen LogP contribution in [0.5, 0.6) is 0 Å². The number of carbonyl (C=O) groups excluding carboxylic acids is 1. The van der Waals surface area contributed by atoms with E-state index in [1.54, 1.807) is 18.5 Å². The monoisotopic (exact) mass is 284 g/mol. The molecule has 1 fully saturated rings. The Morgan fingerprint density at radius 3 is 3.00 bits per heavy atom. The molecular weight excluding hydrogens is 264 g/mol. The minimum Gasteiger partial charge on any atom is -0.349 e. The fourth-order valence-electron chi connectivity index (χ4n) is 2.41. The van der Waals surface area contributed by atoms with Crippen molar-refractivity contribution in [2.45, 2.75) is 31.8 Å². The summed E-state index contributed by atoms with van der Waals surface area (Å²) in [7, 11) is 2.12. The molecule has 0 spiro atoms. The van der Waals surface area contributed by atoms with Gasteiger partial charge >= 0.3 is 0 Å². The number of nitrogens with zero attached hydrogens (tertiary/aromatic N) is 3. The predicted molar refractivity (Wildman–Crippen MR) is 82.1 cm³/mol. The molecule has 0 bridgehead atoms. The minimum atomic E-state index is -0.121. The molecule has 2 aromatic rings. The van der Waals surface area contributed by atoms with E-state index in [1.165, 1.54) is 12.8 Å². The molecular formula is C16H20N4O. The van der Waals surface area contributed by atoms with Crippen LogP contribution in [0.25, 0.3) is 10.9 Å². The summed E-state index contributed by atoms with van der Waals surface area (Å²) < 4.78 is 0. The highest BCUT2D eigenvalue weighted by molar-refractivity contribution is 5.94. The molecule has 1 amide bonds. The van der Waals surface area contributed by atoms with Crippen molar-refractivity contribution in [3.05, 3.63) is 36.3 Å². The summed E-state index contributed by atoms with van der Waals surface area (Å²) in [4.78, 5) is 22.9. The molecule has 5 heteroatoms. The summed E-state index contributed by atoms with van der Waals surface area (Å²) >= 11 is 0. The average molecular weight is 284 g/mol. The SMILES string of the molecule is CC(CNC(=O)c1ccc2cnccc2n1)N(C)C1CC1. The van der Waals surface area contributed by atoms with Crippen LogP contribution >= 0.6 is 0 Å². The fourth-order valence-corrected chi connectivity index (χ4v) is 2.41. The first kappa shape index (κ1) is 13.9. The van der Waals surface area contributed by atoms with Crippen molar-refractivity contribution in [2.24, 2.45) is 0 Å². The lowest BCUT2D eigenvalue weighted by atomic mass is 10.2. The number of likely N-dealkylation sites (N-methyl/N-ethyl adjacent to an activating group) is 1. The van der Waals surface area contributed by atoms with Crippen LogP contribution in [0.15, 0.2) is 30.6 Å². The van der Waals surface area contributed by atoms with Crippen molar-refractivity contribution in [3.63, 3.8) is 0 Å². The van der Waals surface area contributed by atoms with Crippen LogP contribution in [0, 0.1) is 0 Å². The van der Waals surface area contributed by atoms with Gasteiger partial charge in [0.15, 0.2) is 0 Å². The molecule has 0 saturated heterocycles. The molecule has 0 radical (unpaired) electrons. The highest BCUT2D eigenvalue weighted by Crippen LogP contribution is 2.26. The maximum atomic E-state index is 12.2. The maximum absolute atomic E-state index is 12.2. The summed E-state index contributed by atoms with van der Waals surface area (Å²) in [6.45, 7) is 2.78. The maximum Gasteiger partial charge on any atom is 0.269 e. The summed E-state index contributed by atoms with van der Waals surface area (Å²) in [5.41, 5.74) is 1.25. The van der Waals surface area contributed by atoms with Crippen LogP contribution in [-0.2, 0) is 0 Å². The Morgan fingerprint density at radius 1 is 1.43 bits per heavy atom. The molecule has 1 unspecified atom stereocenters. The second-order valence-corrected chi connectivity index (χ2v) is 5.72. The zero-order valence-corrected chi connectivity index (χ0v) is 12.4. The van der Waals surface area contributed by atoms with Crippen LogP contribution in [0.4, 0.5) is 0 Å². The van der Waals surface area contributed by atoms with Crippen molar-refractivity contribution in [1.82, 2.24) is 20.2 Å². The summed E-state index contributed by atoms with van der Waals surface area (Å²) in [6, 6.07) is 6.48. The molecule has 1 aliphatic rings. The Kier molecular flexibility index (Phi) is 3.84. The van der Waals surface area contributed by atoms with Crippen LogP contribution in [0.1, 0.15) is 30.3 Å². The molecule has 2 aromatic heterocycles. The van der Waals surface area contributed by atoms with Gasteiger partial charge in [-0.2, -0.15) is 0 Å². The molecule has 0 aliphatic heterocycles. The summed E-state index contributed by atoms with van der Waals surface area (Å²) in [5, 5.41) is 3.91. The van der Waals surface area contributed by atoms with E-state index in [9.17, 15) is 4.79 Å². The van der Waals surface area contributed by atoms with Crippen molar-refractivity contribution in [1.29, 1.82) is 0 Å². The van der Waals surface area contributed by atoms with E-state index < -0.39 is 0 Å². The number of pyridine rings is 2. The van der Waals surface area contributed by atoms with Gasteiger partial charge in [0, 0.05) is 36.4 Å². The standard InChI is InChI=1S/C16H20N4O/c1-11(20(2)13-4-5-13)9-18-16(21)15-6-3-12-10-17-8-7-14(12)19-15/h3,6-8,10-11,13H,4-5,9H2,1-2H3,(H,18,21). The van der Waals surface area contributed by atoms with Gasteiger partial charge in [0.05, 0.1) is 5.52 Å². The normalized spacial score (nSPS) is 16.1. The third-order valence-electron chi connectivity index (χ3n) is 4.10. The van der Waals surface area contributed by atoms with E-state index in [1.807, 2.05) is 12.1 Å². The smallest absolute Gasteiger partial charge is 0.269 e. The van der Waals surface area contributed by atoms with Gasteiger partial charge in [0.1, 0.15) is 5.69 Å². The quantitative estimate of drug-likeness (QED) is 0.910. The zero-order valence-electron chi connectivity index (χ0n) is 12.4. The number of hydrogen-bond acceptors (Lipinski definition) is 4. The van der Waals surface area contributed by atoms with Crippen molar-refractivity contribution in [2.75, 3.05) is 13.6 Å². The highest BCUT2D eigenvalue weighted by atomic mass is 16.1. The van der Waals surface area contributed by atoms with Crippen molar-refractivity contribution < 1.29 is 4.79 Å². The lowest BCUT2D eigenvalue weighted by molar-refractivity contribution is 0.0935. The number of aromatic nitrogens is 2. The largest absolute Gasteiger partial charge is 0.349 e. The first-order chi connectivity index (χ1) is 10.1. The summed E-state index contributed by atoms with van der Waals surface area (Å²) in [6.07, 6.45) is 5.98. The third kappa shape index (κ3) is 3.19. The van der Waals surface area contributed by atoms with Gasteiger partial charge in [0.2, 0.25) is 0 Å². The molecule has 1 saturated carbocycles. The molecule has 2 heterocycles. The molecule has 1 aliphatic carbocycles. The number of carbonyl (C=O) groups is 1. The lowest BCUT2D eigenvalue weighted by Gasteiger charge is -2.24. The second kappa shape index (κ2) is 5.77. The van der Waals surface area contributed by atoms with Gasteiger partial charge in [-0.1, -0.05) is 0 Å². The van der Waals surface area contributed by atoms with Gasteiger partial charge in [-0.15, -0.1) is 0 Å². The van der Waals surface area contributed by atoms with Gasteiger partial charge in [-0.3, -0.25) is 14.7 Å². The van der Waals surface area contributed by atoms with Crippen molar-refractivity contribution >= 4 is 16.8 Å². The topological polar surface area (TPSA) is 58.1 Å². The fraction of sp³-hybridized carbons (Fsp3) is 0.438. The van der Waals surface area contributed by atoms with E-state index in [-0.39, 0.29) is 5.91 Å². The Bertz CT molecular complexity index is 654. The average Bonchev–Trinajstić information content (AvgIpc) is 3.35. The van der Waals surface area contributed by atoms with E-state index in [2.05, 4.69) is 34.2 Å². The molecule has 110 valence electrons. The van der Waals surface area contributed by atoms with E-state index in [0.717, 1.165) is 10.9 Å². The van der Waals surface area contributed by atoms with Gasteiger partial charge < -0.3 is 5.32 Å². The third-order valence-corrected chi connectivity index (χ3v) is 4.10. The van der Waals surface area contributed by atoms with E-state index in [0.29, 0.717) is 24.3 Å². The number of amides is 1. The first-order valence-corrected chi connectivity index (χ1v) is 7.36. The number of fused-ring (bicyclic) bond motifs is 1. The number of hydrogen-bond donors (Lipinski definition) is 1. The van der Waals surface area contributed by atoms with Crippen LogP contribution in [-0.4, -0.2) is 46.5 Å². The van der Waals surface area contributed by atoms with Crippen molar-refractivity contribution in [3.8, 4) is 0 Å². The lowest BCUT2D eigenvalue weighted by Crippen LogP contribution is -2.41. The van der Waals surface area contributed by atoms with E-state index in [4.69, 9.17) is 0 Å². The predicted octanol–water partition coefficient (Wildman–Crippen LogP) is 1.84. The van der Waals surface area contributed by atoms with E-state index >= 15 is 0 Å². The summed E-state index contributed by atoms with van der Waals surface area (Å²) in [5.74, 6) is -0.121. The number of rotatable bonds is 5. The molecule has 5 nitrogen and oxygen atoms in total. The molecule has 1 N–H and O–H groups in total. The molecule has 21 heavy (non-hydrogen) atoms. The van der Waals surface area contributed by atoms with Gasteiger partial charge in [0.25, 0.3) is 5.91 Å². The first-order valence-electron chi connectivity index (χ1n) is 7.36. The van der Waals surface area contributed by atoms with Crippen LogP contribution in [0.2, 0.25) is 0 Å². The van der Waals surface area contributed by atoms with Gasteiger partial charge in [-0.05, 0) is 45.0 Å².